The van der Waals surface area contributed by atoms with Gasteiger partial charge in [-0.25, -0.2) is 22.5 Å². The lowest BCUT2D eigenvalue weighted by atomic mass is 10.2. The molecule has 34 heavy (non-hydrogen) atoms. The molecule has 0 unspecified atom stereocenters. The molecule has 0 atom stereocenters. The minimum Gasteiger partial charge on any atom is -0.497 e. The number of carbonyl (C=O) groups is 1. The molecule has 3 aromatic rings. The topological polar surface area (TPSA) is 85.8 Å². The number of hydrogen-bond donors (Lipinski definition) is 0. The molecular formula is C22H18ClF3N2O5S. The van der Waals surface area contributed by atoms with E-state index in [4.69, 9.17) is 16.3 Å². The Balaban J connectivity index is 2.09. The van der Waals surface area contributed by atoms with Gasteiger partial charge in [-0.15, -0.1) is 0 Å². The molecule has 0 radical (unpaired) electrons. The van der Waals surface area contributed by atoms with Crippen LogP contribution in [0.3, 0.4) is 0 Å². The number of benzene rings is 2. The van der Waals surface area contributed by atoms with Crippen LogP contribution in [0.5, 0.6) is 5.75 Å². The summed E-state index contributed by atoms with van der Waals surface area (Å²) in [6.45, 7) is -0.289. The number of carbonyl (C=O) groups excluding carboxylic acids is 1. The molecule has 0 fully saturated rings. The van der Waals surface area contributed by atoms with Crippen LogP contribution in [0, 0.1) is 0 Å². The normalized spacial score (nSPS) is 11.7. The maximum absolute atomic E-state index is 13.5. The molecular weight excluding hydrogens is 497 g/mol. The third-order valence-corrected chi connectivity index (χ3v) is 6.76. The van der Waals surface area contributed by atoms with Crippen molar-refractivity contribution in [3.63, 3.8) is 0 Å². The lowest BCUT2D eigenvalue weighted by Crippen LogP contribution is -2.32. The third kappa shape index (κ3) is 5.42. The fourth-order valence-corrected chi connectivity index (χ4v) is 4.69. The molecule has 0 aliphatic rings. The van der Waals surface area contributed by atoms with Crippen LogP contribution in [0.4, 0.5) is 19.0 Å². The van der Waals surface area contributed by atoms with Gasteiger partial charge in [0.25, 0.3) is 10.0 Å². The van der Waals surface area contributed by atoms with E-state index in [-0.39, 0.29) is 22.8 Å². The minimum absolute atomic E-state index is 0.119. The van der Waals surface area contributed by atoms with Gasteiger partial charge in [0.1, 0.15) is 5.75 Å². The van der Waals surface area contributed by atoms with Crippen molar-refractivity contribution in [2.24, 2.45) is 0 Å². The van der Waals surface area contributed by atoms with Crippen LogP contribution in [-0.4, -0.2) is 33.6 Å². The highest BCUT2D eigenvalue weighted by Crippen LogP contribution is 2.36. The monoisotopic (exact) mass is 514 g/mol. The Morgan fingerprint density at radius 2 is 1.68 bits per heavy atom. The Labute approximate surface area is 198 Å². The van der Waals surface area contributed by atoms with Gasteiger partial charge in [-0.3, -0.25) is 0 Å². The van der Waals surface area contributed by atoms with E-state index in [0.717, 1.165) is 4.31 Å². The van der Waals surface area contributed by atoms with Gasteiger partial charge in [-0.1, -0.05) is 23.7 Å². The van der Waals surface area contributed by atoms with Crippen LogP contribution in [0.15, 0.2) is 65.7 Å². The maximum Gasteiger partial charge on any atom is 0.417 e. The molecule has 180 valence electrons. The number of esters is 1. The van der Waals surface area contributed by atoms with E-state index in [9.17, 15) is 26.4 Å². The molecule has 0 spiro atoms. The number of sulfonamides is 1. The van der Waals surface area contributed by atoms with Crippen LogP contribution >= 0.6 is 11.6 Å². The third-order valence-electron chi connectivity index (χ3n) is 4.73. The van der Waals surface area contributed by atoms with Crippen molar-refractivity contribution >= 4 is 33.4 Å². The Morgan fingerprint density at radius 3 is 2.18 bits per heavy atom. The van der Waals surface area contributed by atoms with E-state index >= 15 is 0 Å². The molecule has 1 heterocycles. The summed E-state index contributed by atoms with van der Waals surface area (Å²) in [7, 11) is -1.72. The Bertz CT molecular complexity index is 1280. The van der Waals surface area contributed by atoms with E-state index in [1.165, 1.54) is 38.5 Å². The van der Waals surface area contributed by atoms with Gasteiger partial charge in [0.2, 0.25) is 0 Å². The summed E-state index contributed by atoms with van der Waals surface area (Å²) in [5, 5.41) is -0.502. The Morgan fingerprint density at radius 1 is 1.06 bits per heavy atom. The predicted octanol–water partition coefficient (Wildman–Crippen LogP) is 4.94. The summed E-state index contributed by atoms with van der Waals surface area (Å²) in [5.41, 5.74) is -0.507. The van der Waals surface area contributed by atoms with Crippen molar-refractivity contribution in [1.29, 1.82) is 0 Å². The second kappa shape index (κ2) is 9.90. The largest absolute Gasteiger partial charge is 0.497 e. The van der Waals surface area contributed by atoms with Crippen molar-refractivity contribution in [3.05, 3.63) is 82.5 Å². The quantitative estimate of drug-likeness (QED) is 0.415. The van der Waals surface area contributed by atoms with Crippen LogP contribution in [-0.2, 0) is 27.5 Å². The van der Waals surface area contributed by atoms with Gasteiger partial charge in [-0.2, -0.15) is 13.2 Å². The van der Waals surface area contributed by atoms with Gasteiger partial charge in [-0.05, 0) is 48.0 Å². The zero-order chi connectivity index (χ0) is 25.1. The lowest BCUT2D eigenvalue weighted by molar-refractivity contribution is -0.137. The fourth-order valence-electron chi connectivity index (χ4n) is 2.95. The highest BCUT2D eigenvalue weighted by atomic mass is 35.5. The van der Waals surface area contributed by atoms with E-state index in [2.05, 4.69) is 9.72 Å². The van der Waals surface area contributed by atoms with Gasteiger partial charge >= 0.3 is 12.1 Å². The number of methoxy groups -OCH3 is 2. The number of pyridine rings is 1. The average Bonchev–Trinajstić information content (AvgIpc) is 2.82. The molecule has 7 nitrogen and oxygen atoms in total. The molecule has 0 saturated carbocycles. The van der Waals surface area contributed by atoms with Crippen molar-refractivity contribution in [2.75, 3.05) is 18.5 Å². The second-order valence-electron chi connectivity index (χ2n) is 6.90. The highest BCUT2D eigenvalue weighted by molar-refractivity contribution is 7.92. The molecule has 0 aliphatic carbocycles. The van der Waals surface area contributed by atoms with Crippen LogP contribution < -0.4 is 9.04 Å². The zero-order valence-corrected chi connectivity index (χ0v) is 19.4. The van der Waals surface area contributed by atoms with Gasteiger partial charge in [0.15, 0.2) is 5.82 Å². The van der Waals surface area contributed by atoms with Gasteiger partial charge in [0, 0.05) is 6.20 Å². The molecule has 0 saturated heterocycles. The molecule has 0 amide bonds. The fraction of sp³-hybridized carbons (Fsp3) is 0.182. The number of hydrogen-bond acceptors (Lipinski definition) is 6. The summed E-state index contributed by atoms with van der Waals surface area (Å²) in [6, 6.07) is 11.9. The molecule has 1 aromatic heterocycles. The summed E-state index contributed by atoms with van der Waals surface area (Å²) in [5.74, 6) is -0.517. The van der Waals surface area contributed by atoms with Crippen molar-refractivity contribution in [1.82, 2.24) is 4.98 Å². The molecule has 3 rings (SSSR count). The number of anilines is 1. The molecule has 2 aromatic carbocycles. The van der Waals surface area contributed by atoms with Crippen LogP contribution in [0.1, 0.15) is 21.5 Å². The number of ether oxygens (including phenoxy) is 2. The molecule has 12 heteroatoms. The van der Waals surface area contributed by atoms with Crippen molar-refractivity contribution in [2.45, 2.75) is 17.6 Å². The van der Waals surface area contributed by atoms with Gasteiger partial charge in [0.05, 0.1) is 41.8 Å². The molecule has 0 bridgehead atoms. The summed E-state index contributed by atoms with van der Waals surface area (Å²) < 4.78 is 76.7. The van der Waals surface area contributed by atoms with Crippen molar-refractivity contribution in [3.8, 4) is 5.75 Å². The number of rotatable bonds is 7. The summed E-state index contributed by atoms with van der Waals surface area (Å²) in [4.78, 5) is 15.2. The number of nitrogens with zero attached hydrogens (tertiary/aromatic N) is 2. The first kappa shape index (κ1) is 25.3. The lowest BCUT2D eigenvalue weighted by Gasteiger charge is -2.25. The first-order chi connectivity index (χ1) is 16.0. The first-order valence-electron chi connectivity index (χ1n) is 9.54. The summed E-state index contributed by atoms with van der Waals surface area (Å²) in [6.07, 6.45) is -4.20. The Kier molecular flexibility index (Phi) is 7.37. The van der Waals surface area contributed by atoms with E-state index < -0.39 is 32.8 Å². The van der Waals surface area contributed by atoms with Crippen LogP contribution in [0.2, 0.25) is 5.02 Å². The van der Waals surface area contributed by atoms with E-state index in [1.54, 1.807) is 24.3 Å². The first-order valence-corrected chi connectivity index (χ1v) is 11.4. The zero-order valence-electron chi connectivity index (χ0n) is 17.8. The van der Waals surface area contributed by atoms with Crippen molar-refractivity contribution < 1.29 is 35.9 Å². The smallest absolute Gasteiger partial charge is 0.417 e. The molecule has 0 N–H and O–H groups in total. The number of alkyl halides is 3. The Hall–Kier alpha value is -3.31. The minimum atomic E-state index is -4.71. The highest BCUT2D eigenvalue weighted by Gasteiger charge is 2.34. The second-order valence-corrected chi connectivity index (χ2v) is 9.17. The molecule has 0 aliphatic heterocycles. The maximum atomic E-state index is 13.5. The van der Waals surface area contributed by atoms with E-state index in [0.29, 0.717) is 23.6 Å². The standard InChI is InChI=1S/C22H18ClF3N2O5S/c1-32-17-7-3-14(4-8-17)13-28(20-19(23)11-16(12-27-20)22(24,25)26)34(30,31)18-9-5-15(6-10-18)21(29)33-2/h3-12H,13H2,1-2H3. The predicted molar refractivity (Wildman–Crippen MR) is 118 cm³/mol. The van der Waals surface area contributed by atoms with Crippen LogP contribution in [0.25, 0.3) is 0 Å². The average molecular weight is 515 g/mol. The number of halogens is 4. The summed E-state index contributed by atoms with van der Waals surface area (Å²) >= 11 is 6.07. The SMILES string of the molecule is COC(=O)c1ccc(S(=O)(=O)N(Cc2ccc(OC)cc2)c2ncc(C(F)(F)F)cc2Cl)cc1. The number of aromatic nitrogens is 1. The van der Waals surface area contributed by atoms with Gasteiger partial charge < -0.3 is 9.47 Å². The van der Waals surface area contributed by atoms with E-state index in [1.807, 2.05) is 0 Å².